The molecule has 1 amide bonds. The smallest absolute Gasteiger partial charge is 0.251 e. The van der Waals surface area contributed by atoms with Gasteiger partial charge in [-0.05, 0) is 49.2 Å². The number of aryl methyl sites for hydroxylation is 2. The molecule has 0 unspecified atom stereocenters. The monoisotopic (exact) mass is 511 g/mol. The maximum atomic E-state index is 12.8. The van der Waals surface area contributed by atoms with Crippen LogP contribution in [-0.2, 0) is 24.4 Å². The van der Waals surface area contributed by atoms with E-state index in [1.165, 1.54) is 27.8 Å². The predicted octanol–water partition coefficient (Wildman–Crippen LogP) is 5.08. The fraction of sp³-hybridized carbons (Fsp3) is 0.370. The Balaban J connectivity index is 0.00000124. The van der Waals surface area contributed by atoms with Crippen LogP contribution in [0.2, 0.25) is 0 Å². The highest BCUT2D eigenvalue weighted by Gasteiger charge is 2.16. The third-order valence-electron chi connectivity index (χ3n) is 6.27. The number of aromatic nitrogens is 3. The van der Waals surface area contributed by atoms with Crippen molar-refractivity contribution >= 4 is 28.1 Å². The van der Waals surface area contributed by atoms with E-state index < -0.39 is 0 Å². The first-order chi connectivity index (χ1) is 17.6. The van der Waals surface area contributed by atoms with Crippen LogP contribution in [0, 0.1) is 6.92 Å². The van der Waals surface area contributed by atoms with E-state index in [1.807, 2.05) is 18.2 Å². The summed E-state index contributed by atoms with van der Waals surface area (Å²) in [6.45, 7) is 9.69. The molecule has 1 fully saturated rings. The van der Waals surface area contributed by atoms with E-state index in [-0.39, 0.29) is 7.33 Å². The Labute approximate surface area is 216 Å². The molecule has 0 spiro atoms. The molecule has 5 rings (SSSR count). The second-order valence-corrected chi connectivity index (χ2v) is 9.62. The molecule has 4 aromatic rings. The Bertz CT molecular complexity index is 1320. The predicted molar refractivity (Wildman–Crippen MR) is 144 cm³/mol. The summed E-state index contributed by atoms with van der Waals surface area (Å²) in [5.41, 5.74) is 5.32. The molecule has 0 bridgehead atoms. The first-order valence-corrected chi connectivity index (χ1v) is 12.9. The molecule has 192 valence electrons. The number of hydrogen-bond donors (Lipinski definition) is 1. The minimum Gasteiger partial charge on any atom is -0.379 e. The maximum Gasteiger partial charge on any atom is 0.251 e. The Hall–Kier alpha value is -3.14. The Kier molecular flexibility index (Phi) is 8.79. The van der Waals surface area contributed by atoms with Gasteiger partial charge in [-0.1, -0.05) is 35.6 Å². The number of nitrogens with zero attached hydrogens (tertiary/aromatic N) is 4. The van der Waals surface area contributed by atoms with Gasteiger partial charge in [0.2, 0.25) is 0 Å². The summed E-state index contributed by atoms with van der Waals surface area (Å²) in [5.74, 6) is -0.0983. The van der Waals surface area contributed by atoms with Crippen molar-refractivity contribution in [2.75, 3.05) is 33.5 Å². The van der Waals surface area contributed by atoms with E-state index in [0.29, 0.717) is 19.3 Å². The number of ether oxygens (including phenoxy) is 1. The van der Waals surface area contributed by atoms with Gasteiger partial charge in [0.1, 0.15) is 5.01 Å². The highest BCUT2D eigenvalue weighted by Crippen LogP contribution is 2.31. The zero-order chi connectivity index (χ0) is 25.5. The van der Waals surface area contributed by atoms with Crippen molar-refractivity contribution in [2.24, 2.45) is 0 Å². The van der Waals surface area contributed by atoms with Crippen LogP contribution in [-0.4, -0.2) is 59.1 Å². The lowest BCUT2D eigenvalue weighted by molar-refractivity contribution is 0.0342. The standard InChI is InChI=1S/C26H29N5O2S.CH3F.H2/c1-3-31-22-9-4-6-18(2)21(22)15-23(31)26-29-28-24(34-26)16-27-25(32)20-8-5-7-19(14-20)17-30-10-12-33-13-11-30;1-2;/h4-9,14-15H,3,10-13,16-17H2,1-2H3,(H,27,32);1H3;1H. The van der Waals surface area contributed by atoms with Gasteiger partial charge in [0.25, 0.3) is 5.91 Å². The third kappa shape index (κ3) is 5.80. The summed E-state index contributed by atoms with van der Waals surface area (Å²) < 4.78 is 17.2. The first-order valence-electron chi connectivity index (χ1n) is 12.1. The molecule has 7 nitrogen and oxygen atoms in total. The summed E-state index contributed by atoms with van der Waals surface area (Å²) in [5, 5.41) is 14.7. The third-order valence-corrected chi connectivity index (χ3v) is 7.21. The second kappa shape index (κ2) is 12.2. The lowest BCUT2D eigenvalue weighted by atomic mass is 10.1. The summed E-state index contributed by atoms with van der Waals surface area (Å²) in [7, 11) is 0.500. The normalized spacial score (nSPS) is 13.9. The molecule has 3 heterocycles. The molecule has 9 heteroatoms. The van der Waals surface area contributed by atoms with Crippen LogP contribution < -0.4 is 5.32 Å². The Morgan fingerprint density at radius 1 is 1.14 bits per heavy atom. The molecule has 36 heavy (non-hydrogen) atoms. The molecule has 1 aliphatic heterocycles. The fourth-order valence-corrected chi connectivity index (χ4v) is 5.27. The highest BCUT2D eigenvalue weighted by atomic mass is 32.1. The largest absolute Gasteiger partial charge is 0.379 e. The van der Waals surface area contributed by atoms with Crippen LogP contribution in [0.25, 0.3) is 21.6 Å². The molecule has 0 aliphatic carbocycles. The minimum atomic E-state index is -0.0983. The van der Waals surface area contributed by atoms with E-state index >= 15 is 0 Å². The van der Waals surface area contributed by atoms with Gasteiger partial charge in [-0.15, -0.1) is 10.2 Å². The number of morpholine rings is 1. The summed E-state index contributed by atoms with van der Waals surface area (Å²) >= 11 is 1.52. The number of fused-ring (bicyclic) bond motifs is 1. The van der Waals surface area contributed by atoms with Gasteiger partial charge in [0.15, 0.2) is 5.01 Å². The molecular weight excluding hydrogens is 477 g/mol. The van der Waals surface area contributed by atoms with E-state index in [2.05, 4.69) is 69.2 Å². The lowest BCUT2D eigenvalue weighted by Gasteiger charge is -2.26. The number of carbonyl (C=O) groups excluding carboxylic acids is 1. The molecule has 0 radical (unpaired) electrons. The van der Waals surface area contributed by atoms with Gasteiger partial charge >= 0.3 is 0 Å². The number of hydrogen-bond acceptors (Lipinski definition) is 6. The number of carbonyl (C=O) groups is 1. The van der Waals surface area contributed by atoms with Crippen LogP contribution in [0.4, 0.5) is 4.39 Å². The van der Waals surface area contributed by atoms with Crippen LogP contribution in [0.3, 0.4) is 0 Å². The number of halogens is 1. The SMILES string of the molecule is CCn1c(-c2nnc(CNC(=O)c3cccc(CN4CCOCC4)c3)s2)cc2c(C)cccc21.CF.[HH]. The van der Waals surface area contributed by atoms with Crippen LogP contribution in [0.15, 0.2) is 48.5 Å². The second-order valence-electron chi connectivity index (χ2n) is 8.55. The van der Waals surface area contributed by atoms with Crippen molar-refractivity contribution in [1.29, 1.82) is 0 Å². The van der Waals surface area contributed by atoms with Crippen LogP contribution in [0.1, 0.15) is 34.8 Å². The topological polar surface area (TPSA) is 72.3 Å². The Morgan fingerprint density at radius 2 is 1.92 bits per heavy atom. The molecule has 0 saturated carbocycles. The van der Waals surface area contributed by atoms with E-state index in [4.69, 9.17) is 4.74 Å². The fourth-order valence-electron chi connectivity index (χ4n) is 4.47. The van der Waals surface area contributed by atoms with Gasteiger partial charge in [-0.3, -0.25) is 14.1 Å². The number of nitrogens with one attached hydrogen (secondary N) is 1. The molecule has 1 saturated heterocycles. The quantitative estimate of drug-likeness (QED) is 0.375. The molecular formula is C27H34FN5O2S. The van der Waals surface area contributed by atoms with Crippen LogP contribution >= 0.6 is 11.3 Å². The van der Waals surface area contributed by atoms with E-state index in [9.17, 15) is 9.18 Å². The number of rotatable bonds is 7. The van der Waals surface area contributed by atoms with Gasteiger partial charge < -0.3 is 14.6 Å². The zero-order valence-electron chi connectivity index (χ0n) is 21.0. The number of benzene rings is 2. The van der Waals surface area contributed by atoms with Gasteiger partial charge in [0.05, 0.1) is 32.6 Å². The summed E-state index contributed by atoms with van der Waals surface area (Å²) in [4.78, 5) is 15.1. The van der Waals surface area contributed by atoms with Crippen molar-refractivity contribution in [2.45, 2.75) is 33.5 Å². The van der Waals surface area contributed by atoms with Crippen molar-refractivity contribution in [3.63, 3.8) is 0 Å². The van der Waals surface area contributed by atoms with Gasteiger partial charge in [-0.25, -0.2) is 0 Å². The minimum absolute atomic E-state index is 0. The average molecular weight is 512 g/mol. The molecule has 2 aromatic heterocycles. The molecule has 1 N–H and O–H groups in total. The van der Waals surface area contributed by atoms with Crippen molar-refractivity contribution in [1.82, 2.24) is 25.0 Å². The first kappa shape index (κ1) is 25.9. The molecule has 2 aromatic carbocycles. The van der Waals surface area contributed by atoms with Crippen molar-refractivity contribution in [3.05, 3.63) is 70.2 Å². The van der Waals surface area contributed by atoms with E-state index in [0.717, 1.165) is 60.7 Å². The van der Waals surface area contributed by atoms with Gasteiger partial charge in [0, 0.05) is 44.1 Å². The summed E-state index contributed by atoms with van der Waals surface area (Å²) in [6, 6.07) is 16.4. The van der Waals surface area contributed by atoms with Crippen LogP contribution in [0.5, 0.6) is 0 Å². The van der Waals surface area contributed by atoms with Crippen molar-refractivity contribution in [3.8, 4) is 10.7 Å². The van der Waals surface area contributed by atoms with Crippen molar-refractivity contribution < 1.29 is 15.3 Å². The summed E-state index contributed by atoms with van der Waals surface area (Å²) in [6.07, 6.45) is 0. The maximum absolute atomic E-state index is 12.8. The average Bonchev–Trinajstić information content (AvgIpc) is 3.54. The zero-order valence-corrected chi connectivity index (χ0v) is 21.8. The highest BCUT2D eigenvalue weighted by molar-refractivity contribution is 7.14. The molecule has 0 atom stereocenters. The Morgan fingerprint density at radius 3 is 2.69 bits per heavy atom. The number of amides is 1. The lowest BCUT2D eigenvalue weighted by Crippen LogP contribution is -2.35. The number of alkyl halides is 1. The molecule has 1 aliphatic rings. The van der Waals surface area contributed by atoms with Gasteiger partial charge in [-0.2, -0.15) is 0 Å². The van der Waals surface area contributed by atoms with E-state index in [1.54, 1.807) is 0 Å².